The van der Waals surface area contributed by atoms with Crippen molar-refractivity contribution in [3.8, 4) is 0 Å². The molecule has 0 saturated carbocycles. The molecule has 0 radical (unpaired) electrons. The number of ether oxygens (including phenoxy) is 2. The SMILES string of the molecule is CCOCCOCC(O)C(O)CC. The Kier molecular flexibility index (Phi) is 8.33. The maximum Gasteiger partial charge on any atom is 0.103 e. The van der Waals surface area contributed by atoms with Crippen LogP contribution < -0.4 is 0 Å². The summed E-state index contributed by atoms with van der Waals surface area (Å²) in [7, 11) is 0. The Bertz CT molecular complexity index is 108. The van der Waals surface area contributed by atoms with Crippen molar-refractivity contribution in [3.63, 3.8) is 0 Å². The molecular weight excluding hydrogens is 172 g/mol. The van der Waals surface area contributed by atoms with E-state index < -0.39 is 12.2 Å². The molecule has 0 bridgehead atoms. The van der Waals surface area contributed by atoms with Gasteiger partial charge in [-0.05, 0) is 13.3 Å². The second kappa shape index (κ2) is 8.44. The molecule has 2 atom stereocenters. The van der Waals surface area contributed by atoms with Crippen molar-refractivity contribution in [2.75, 3.05) is 26.4 Å². The van der Waals surface area contributed by atoms with E-state index >= 15 is 0 Å². The van der Waals surface area contributed by atoms with Gasteiger partial charge < -0.3 is 19.7 Å². The third kappa shape index (κ3) is 6.95. The summed E-state index contributed by atoms with van der Waals surface area (Å²) in [6, 6.07) is 0. The van der Waals surface area contributed by atoms with E-state index in [4.69, 9.17) is 14.6 Å². The van der Waals surface area contributed by atoms with Gasteiger partial charge in [0.05, 0.1) is 25.9 Å². The zero-order chi connectivity index (χ0) is 10.1. The summed E-state index contributed by atoms with van der Waals surface area (Å²) in [5.74, 6) is 0. The van der Waals surface area contributed by atoms with E-state index in [0.29, 0.717) is 26.2 Å². The highest BCUT2D eigenvalue weighted by atomic mass is 16.5. The fraction of sp³-hybridized carbons (Fsp3) is 1.00. The van der Waals surface area contributed by atoms with Crippen LogP contribution in [-0.2, 0) is 9.47 Å². The summed E-state index contributed by atoms with van der Waals surface area (Å²) < 4.78 is 10.1. The number of rotatable bonds is 8. The number of hydrogen-bond acceptors (Lipinski definition) is 4. The molecule has 0 rings (SSSR count). The van der Waals surface area contributed by atoms with Crippen LogP contribution in [0.2, 0.25) is 0 Å². The van der Waals surface area contributed by atoms with Crippen LogP contribution in [0.1, 0.15) is 20.3 Å². The molecule has 13 heavy (non-hydrogen) atoms. The van der Waals surface area contributed by atoms with Crippen LogP contribution >= 0.6 is 0 Å². The van der Waals surface area contributed by atoms with Gasteiger partial charge in [-0.2, -0.15) is 0 Å². The summed E-state index contributed by atoms with van der Waals surface area (Å²) in [6.45, 7) is 5.56. The third-order valence-corrected chi connectivity index (χ3v) is 1.73. The Morgan fingerprint density at radius 2 is 1.62 bits per heavy atom. The lowest BCUT2D eigenvalue weighted by Gasteiger charge is -2.15. The molecule has 0 saturated heterocycles. The summed E-state index contributed by atoms with van der Waals surface area (Å²) in [4.78, 5) is 0. The molecule has 4 nitrogen and oxygen atoms in total. The number of hydrogen-bond donors (Lipinski definition) is 2. The standard InChI is InChI=1S/C9H20O4/c1-3-8(10)9(11)7-13-6-5-12-4-2/h8-11H,3-7H2,1-2H3. The minimum absolute atomic E-state index is 0.169. The molecular formula is C9H20O4. The normalized spacial score (nSPS) is 15.7. The lowest BCUT2D eigenvalue weighted by Crippen LogP contribution is -2.30. The quantitative estimate of drug-likeness (QED) is 0.538. The van der Waals surface area contributed by atoms with Crippen LogP contribution in [0.4, 0.5) is 0 Å². The highest BCUT2D eigenvalue weighted by Crippen LogP contribution is 1.98. The molecule has 0 amide bonds. The van der Waals surface area contributed by atoms with Crippen molar-refractivity contribution >= 4 is 0 Å². The number of aliphatic hydroxyl groups is 2. The van der Waals surface area contributed by atoms with Crippen LogP contribution in [0.5, 0.6) is 0 Å². The van der Waals surface area contributed by atoms with Gasteiger partial charge in [0, 0.05) is 6.61 Å². The van der Waals surface area contributed by atoms with Gasteiger partial charge in [0.2, 0.25) is 0 Å². The summed E-state index contributed by atoms with van der Waals surface area (Å²) in [5, 5.41) is 18.4. The molecule has 80 valence electrons. The molecule has 0 aromatic heterocycles. The third-order valence-electron chi connectivity index (χ3n) is 1.73. The first-order valence-electron chi connectivity index (χ1n) is 4.74. The van der Waals surface area contributed by atoms with Crippen LogP contribution in [0, 0.1) is 0 Å². The summed E-state index contributed by atoms with van der Waals surface area (Å²) >= 11 is 0. The highest BCUT2D eigenvalue weighted by Gasteiger charge is 2.13. The lowest BCUT2D eigenvalue weighted by atomic mass is 10.2. The van der Waals surface area contributed by atoms with Gasteiger partial charge >= 0.3 is 0 Å². The first-order valence-corrected chi connectivity index (χ1v) is 4.74. The monoisotopic (exact) mass is 192 g/mol. The number of aliphatic hydroxyl groups excluding tert-OH is 2. The molecule has 0 heterocycles. The van der Waals surface area contributed by atoms with E-state index in [0.717, 1.165) is 0 Å². The van der Waals surface area contributed by atoms with Gasteiger partial charge in [-0.3, -0.25) is 0 Å². The minimum Gasteiger partial charge on any atom is -0.390 e. The van der Waals surface area contributed by atoms with E-state index in [1.807, 2.05) is 13.8 Å². The molecule has 2 N–H and O–H groups in total. The van der Waals surface area contributed by atoms with Crippen LogP contribution in [0.15, 0.2) is 0 Å². The predicted molar refractivity (Wildman–Crippen MR) is 49.6 cm³/mol. The van der Waals surface area contributed by atoms with Crippen LogP contribution in [0.3, 0.4) is 0 Å². The fourth-order valence-corrected chi connectivity index (χ4v) is 0.849. The van der Waals surface area contributed by atoms with Crippen molar-refractivity contribution in [1.29, 1.82) is 0 Å². The van der Waals surface area contributed by atoms with Crippen molar-refractivity contribution in [3.05, 3.63) is 0 Å². The Morgan fingerprint density at radius 1 is 1.00 bits per heavy atom. The predicted octanol–water partition coefficient (Wildman–Crippen LogP) is 0.171. The second-order valence-electron chi connectivity index (χ2n) is 2.81. The van der Waals surface area contributed by atoms with Gasteiger partial charge in [0.25, 0.3) is 0 Å². The van der Waals surface area contributed by atoms with Crippen LogP contribution in [0.25, 0.3) is 0 Å². The summed E-state index contributed by atoms with van der Waals surface area (Å²) in [6.07, 6.45) is -0.936. The largest absolute Gasteiger partial charge is 0.390 e. The molecule has 0 aliphatic carbocycles. The Hall–Kier alpha value is -0.160. The molecule has 0 aliphatic heterocycles. The van der Waals surface area contributed by atoms with Gasteiger partial charge in [-0.25, -0.2) is 0 Å². The second-order valence-corrected chi connectivity index (χ2v) is 2.81. The maximum absolute atomic E-state index is 9.26. The van der Waals surface area contributed by atoms with Gasteiger partial charge in [-0.15, -0.1) is 0 Å². The molecule has 0 spiro atoms. The van der Waals surface area contributed by atoms with E-state index in [1.165, 1.54) is 0 Å². The zero-order valence-corrected chi connectivity index (χ0v) is 8.40. The average Bonchev–Trinajstić information content (AvgIpc) is 2.16. The average molecular weight is 192 g/mol. The van der Waals surface area contributed by atoms with Gasteiger partial charge in [0.1, 0.15) is 6.10 Å². The minimum atomic E-state index is -0.786. The Morgan fingerprint density at radius 3 is 2.15 bits per heavy atom. The Balaban J connectivity index is 3.21. The topological polar surface area (TPSA) is 58.9 Å². The summed E-state index contributed by atoms with van der Waals surface area (Å²) in [5.41, 5.74) is 0. The van der Waals surface area contributed by atoms with Crippen molar-refractivity contribution in [1.82, 2.24) is 0 Å². The maximum atomic E-state index is 9.26. The van der Waals surface area contributed by atoms with Crippen LogP contribution in [-0.4, -0.2) is 48.8 Å². The molecule has 0 aromatic carbocycles. The van der Waals surface area contributed by atoms with Gasteiger partial charge in [0.15, 0.2) is 0 Å². The van der Waals surface area contributed by atoms with Gasteiger partial charge in [-0.1, -0.05) is 6.92 Å². The van der Waals surface area contributed by atoms with Crippen molar-refractivity contribution in [2.45, 2.75) is 32.5 Å². The van der Waals surface area contributed by atoms with Crippen molar-refractivity contribution < 1.29 is 19.7 Å². The fourth-order valence-electron chi connectivity index (χ4n) is 0.849. The highest BCUT2D eigenvalue weighted by molar-refractivity contribution is 4.63. The molecule has 0 aromatic rings. The smallest absolute Gasteiger partial charge is 0.103 e. The lowest BCUT2D eigenvalue weighted by molar-refractivity contribution is -0.0485. The molecule has 2 unspecified atom stereocenters. The first-order chi connectivity index (χ1) is 6.22. The molecule has 0 fully saturated rings. The van der Waals surface area contributed by atoms with E-state index in [-0.39, 0.29) is 6.61 Å². The van der Waals surface area contributed by atoms with E-state index in [2.05, 4.69) is 0 Å². The Labute approximate surface area is 79.5 Å². The molecule has 4 heteroatoms. The molecule has 0 aliphatic rings. The zero-order valence-electron chi connectivity index (χ0n) is 8.40. The van der Waals surface area contributed by atoms with E-state index in [1.54, 1.807) is 0 Å². The van der Waals surface area contributed by atoms with Crippen molar-refractivity contribution in [2.24, 2.45) is 0 Å². The van der Waals surface area contributed by atoms with E-state index in [9.17, 15) is 5.11 Å². The first kappa shape index (κ1) is 12.8.